The van der Waals surface area contributed by atoms with Crippen LogP contribution in [0.3, 0.4) is 0 Å². The topological polar surface area (TPSA) is 89.8 Å². The Hall–Kier alpha value is -4.10. The minimum Gasteiger partial charge on any atom is -0.365 e. The molecule has 0 saturated heterocycles. The van der Waals surface area contributed by atoms with Gasteiger partial charge in [-0.05, 0) is 22.7 Å². The molecule has 0 saturated carbocycles. The third kappa shape index (κ3) is 2.86. The SMILES string of the molecule is Bc1cnn2c(NCc3cccnc3)c(C#N)c(-c3ccccc3)c(C#N)c12. The van der Waals surface area contributed by atoms with Gasteiger partial charge in [0.05, 0.1) is 11.1 Å². The minimum atomic E-state index is 0.391. The monoisotopic (exact) mass is 362 g/mol. The third-order valence-corrected chi connectivity index (χ3v) is 4.61. The molecule has 3 heterocycles. The van der Waals surface area contributed by atoms with Gasteiger partial charge in [0.1, 0.15) is 31.4 Å². The number of nitrogens with one attached hydrogen (secondary N) is 1. The molecule has 7 heteroatoms. The summed E-state index contributed by atoms with van der Waals surface area (Å²) in [5, 5.41) is 27.6. The van der Waals surface area contributed by atoms with E-state index in [1.807, 2.05) is 50.3 Å². The number of hydrogen-bond donors (Lipinski definition) is 1. The summed E-state index contributed by atoms with van der Waals surface area (Å²) in [7, 11) is 1.91. The standard InChI is InChI=1S/C21H15BN6/c22-18-13-27-28-20(18)16(9-23)19(15-6-2-1-3-7-15)17(10-24)21(28)26-12-14-5-4-8-25-11-14/h1-8,11,13,26H,12,22H2. The van der Waals surface area contributed by atoms with Crippen LogP contribution in [0.4, 0.5) is 5.82 Å². The van der Waals surface area contributed by atoms with Crippen molar-refractivity contribution in [2.75, 3.05) is 5.32 Å². The van der Waals surface area contributed by atoms with Crippen molar-refractivity contribution < 1.29 is 0 Å². The van der Waals surface area contributed by atoms with Gasteiger partial charge in [0.15, 0.2) is 0 Å². The maximum atomic E-state index is 9.99. The zero-order valence-electron chi connectivity index (χ0n) is 15.2. The third-order valence-electron chi connectivity index (χ3n) is 4.61. The van der Waals surface area contributed by atoms with Crippen LogP contribution < -0.4 is 10.8 Å². The lowest BCUT2D eigenvalue weighted by atomic mass is 9.90. The molecule has 6 nitrogen and oxygen atoms in total. The van der Waals surface area contributed by atoms with Crippen molar-refractivity contribution in [2.45, 2.75) is 6.54 Å². The molecule has 0 fully saturated rings. The highest BCUT2D eigenvalue weighted by Gasteiger charge is 2.22. The summed E-state index contributed by atoms with van der Waals surface area (Å²) in [6, 6.07) is 17.9. The molecule has 132 valence electrons. The van der Waals surface area contributed by atoms with Crippen molar-refractivity contribution >= 4 is 24.6 Å². The highest BCUT2D eigenvalue weighted by atomic mass is 15.3. The molecule has 1 N–H and O–H groups in total. The second-order valence-electron chi connectivity index (χ2n) is 6.37. The van der Waals surface area contributed by atoms with Gasteiger partial charge in [-0.3, -0.25) is 4.98 Å². The van der Waals surface area contributed by atoms with Gasteiger partial charge in [0, 0.05) is 30.7 Å². The van der Waals surface area contributed by atoms with Crippen LogP contribution in [0.25, 0.3) is 16.6 Å². The Bertz CT molecular complexity index is 1230. The number of aromatic nitrogens is 3. The number of fused-ring (bicyclic) bond motifs is 1. The fourth-order valence-electron chi connectivity index (χ4n) is 3.33. The zero-order valence-corrected chi connectivity index (χ0v) is 15.2. The van der Waals surface area contributed by atoms with Crippen molar-refractivity contribution in [2.24, 2.45) is 0 Å². The number of nitrogens with zero attached hydrogens (tertiary/aromatic N) is 5. The molecular formula is C21H15BN6. The number of rotatable bonds is 4. The predicted molar refractivity (Wildman–Crippen MR) is 110 cm³/mol. The van der Waals surface area contributed by atoms with Crippen molar-refractivity contribution in [3.63, 3.8) is 0 Å². The Morgan fingerprint density at radius 3 is 2.46 bits per heavy atom. The van der Waals surface area contributed by atoms with E-state index in [9.17, 15) is 10.5 Å². The molecule has 1 aromatic carbocycles. The predicted octanol–water partition coefficient (Wildman–Crippen LogP) is 2.01. The zero-order chi connectivity index (χ0) is 19.5. The Kier molecular flexibility index (Phi) is 4.49. The maximum Gasteiger partial charge on any atom is 0.147 e. The minimum absolute atomic E-state index is 0.391. The van der Waals surface area contributed by atoms with Crippen LogP contribution in [0.2, 0.25) is 0 Å². The van der Waals surface area contributed by atoms with Gasteiger partial charge in [-0.15, -0.1) is 0 Å². The Morgan fingerprint density at radius 2 is 1.79 bits per heavy atom. The number of anilines is 1. The van der Waals surface area contributed by atoms with Crippen molar-refractivity contribution in [3.05, 3.63) is 77.7 Å². The first-order valence-corrected chi connectivity index (χ1v) is 8.77. The van der Waals surface area contributed by atoms with Crippen LogP contribution in [0.15, 0.2) is 61.1 Å². The molecule has 0 atom stereocenters. The summed E-state index contributed by atoms with van der Waals surface area (Å²) >= 11 is 0. The van der Waals surface area contributed by atoms with Crippen LogP contribution in [0.5, 0.6) is 0 Å². The Morgan fingerprint density at radius 1 is 1.00 bits per heavy atom. The lowest BCUT2D eigenvalue weighted by Crippen LogP contribution is -2.12. The van der Waals surface area contributed by atoms with Crippen LogP contribution in [0.1, 0.15) is 16.7 Å². The first-order chi connectivity index (χ1) is 13.7. The van der Waals surface area contributed by atoms with E-state index in [1.54, 1.807) is 23.1 Å². The van der Waals surface area contributed by atoms with E-state index < -0.39 is 0 Å². The Labute approximate surface area is 163 Å². The molecule has 4 aromatic rings. The molecular weight excluding hydrogens is 347 g/mol. The van der Waals surface area contributed by atoms with Gasteiger partial charge in [-0.2, -0.15) is 15.6 Å². The first kappa shape index (κ1) is 17.3. The summed E-state index contributed by atoms with van der Waals surface area (Å²) in [5.41, 5.74) is 4.84. The average molecular weight is 362 g/mol. The van der Waals surface area contributed by atoms with Crippen LogP contribution in [-0.4, -0.2) is 22.4 Å². The number of nitriles is 2. The molecule has 4 rings (SSSR count). The molecule has 0 aliphatic heterocycles. The van der Waals surface area contributed by atoms with Gasteiger partial charge in [0.2, 0.25) is 0 Å². The molecule has 0 bridgehead atoms. The second kappa shape index (κ2) is 7.26. The quantitative estimate of drug-likeness (QED) is 0.561. The van der Waals surface area contributed by atoms with Crippen LogP contribution in [-0.2, 0) is 6.54 Å². The van der Waals surface area contributed by atoms with Gasteiger partial charge in [-0.1, -0.05) is 36.4 Å². The van der Waals surface area contributed by atoms with Crippen molar-refractivity contribution in [3.8, 4) is 23.3 Å². The fourth-order valence-corrected chi connectivity index (χ4v) is 3.33. The van der Waals surface area contributed by atoms with E-state index in [2.05, 4.69) is 27.5 Å². The summed E-state index contributed by atoms with van der Waals surface area (Å²) < 4.78 is 1.65. The van der Waals surface area contributed by atoms with Gasteiger partial charge < -0.3 is 5.32 Å². The van der Waals surface area contributed by atoms with E-state index in [-0.39, 0.29) is 0 Å². The summed E-state index contributed by atoms with van der Waals surface area (Å²) in [6.07, 6.45) is 5.20. The molecule has 28 heavy (non-hydrogen) atoms. The highest BCUT2D eigenvalue weighted by molar-refractivity contribution is 6.37. The fraction of sp³-hybridized carbons (Fsp3) is 0.0476. The van der Waals surface area contributed by atoms with Crippen molar-refractivity contribution in [1.29, 1.82) is 10.5 Å². The molecule has 0 aliphatic rings. The van der Waals surface area contributed by atoms with Gasteiger partial charge >= 0.3 is 0 Å². The normalized spacial score (nSPS) is 10.4. The smallest absolute Gasteiger partial charge is 0.147 e. The highest BCUT2D eigenvalue weighted by Crippen LogP contribution is 2.34. The summed E-state index contributed by atoms with van der Waals surface area (Å²) in [6.45, 7) is 0.483. The maximum absolute atomic E-state index is 9.99. The van der Waals surface area contributed by atoms with E-state index >= 15 is 0 Å². The van der Waals surface area contributed by atoms with E-state index in [0.29, 0.717) is 34.6 Å². The van der Waals surface area contributed by atoms with Gasteiger partial charge in [-0.25, -0.2) is 4.52 Å². The van der Waals surface area contributed by atoms with Gasteiger partial charge in [0.25, 0.3) is 0 Å². The molecule has 0 radical (unpaired) electrons. The molecule has 0 spiro atoms. The Balaban J connectivity index is 1.99. The average Bonchev–Trinajstić information content (AvgIpc) is 3.14. The van der Waals surface area contributed by atoms with E-state index in [1.165, 1.54) is 0 Å². The molecule has 0 aliphatic carbocycles. The van der Waals surface area contributed by atoms with Crippen molar-refractivity contribution in [1.82, 2.24) is 14.6 Å². The lowest BCUT2D eigenvalue weighted by molar-refractivity contribution is 0.937. The first-order valence-electron chi connectivity index (χ1n) is 8.77. The van der Waals surface area contributed by atoms with E-state index in [0.717, 1.165) is 16.6 Å². The van der Waals surface area contributed by atoms with E-state index in [4.69, 9.17) is 0 Å². The molecule has 3 aromatic heterocycles. The van der Waals surface area contributed by atoms with Crippen LogP contribution in [0, 0.1) is 22.7 Å². The molecule has 0 amide bonds. The summed E-state index contributed by atoms with van der Waals surface area (Å²) in [5.74, 6) is 0.562. The number of hydrogen-bond acceptors (Lipinski definition) is 5. The second-order valence-corrected chi connectivity index (χ2v) is 6.37. The lowest BCUT2D eigenvalue weighted by Gasteiger charge is -2.16. The number of benzene rings is 1. The molecule has 0 unspecified atom stereocenters. The number of pyridine rings is 2. The largest absolute Gasteiger partial charge is 0.365 e. The summed E-state index contributed by atoms with van der Waals surface area (Å²) in [4.78, 5) is 4.13. The van der Waals surface area contributed by atoms with Crippen LogP contribution >= 0.6 is 0 Å².